The number of aliphatic carboxylic acids is 1. The van der Waals surface area contributed by atoms with E-state index in [0.717, 1.165) is 31.6 Å². The summed E-state index contributed by atoms with van der Waals surface area (Å²) in [5.41, 5.74) is 0. The minimum atomic E-state index is -0.956. The summed E-state index contributed by atoms with van der Waals surface area (Å²) in [6.45, 7) is 4.90. The molecule has 0 bridgehead atoms. The Hall–Kier alpha value is -1.26. The Morgan fingerprint density at radius 3 is 2.29 bits per heavy atom. The molecule has 1 atom stereocenters. The number of carboxylic acid groups (broad SMARTS) is 1. The lowest BCUT2D eigenvalue weighted by Gasteiger charge is -2.28. The number of amides is 2. The topological polar surface area (TPSA) is 78.4 Å². The molecular formula is C16H30N2O3. The normalized spacial score (nSPS) is 23.3. The van der Waals surface area contributed by atoms with Crippen LogP contribution in [0.3, 0.4) is 0 Å². The number of rotatable bonds is 8. The number of nitrogens with one attached hydrogen (secondary N) is 2. The van der Waals surface area contributed by atoms with Crippen LogP contribution in [0.5, 0.6) is 0 Å². The summed E-state index contributed by atoms with van der Waals surface area (Å²) >= 11 is 0. The van der Waals surface area contributed by atoms with Crippen molar-refractivity contribution < 1.29 is 14.7 Å². The molecule has 5 heteroatoms. The Bertz CT molecular complexity index is 325. The van der Waals surface area contributed by atoms with Gasteiger partial charge < -0.3 is 15.7 Å². The maximum absolute atomic E-state index is 11.8. The number of carbonyl (C=O) groups is 2. The van der Waals surface area contributed by atoms with Gasteiger partial charge in [-0.1, -0.05) is 46.0 Å². The van der Waals surface area contributed by atoms with E-state index in [1.807, 2.05) is 6.92 Å². The van der Waals surface area contributed by atoms with Gasteiger partial charge in [-0.3, -0.25) is 0 Å². The minimum absolute atomic E-state index is 0.351. The van der Waals surface area contributed by atoms with Gasteiger partial charge >= 0.3 is 12.0 Å². The molecule has 0 spiro atoms. The van der Waals surface area contributed by atoms with Gasteiger partial charge in [-0.05, 0) is 31.1 Å². The van der Waals surface area contributed by atoms with Crippen molar-refractivity contribution in [1.29, 1.82) is 0 Å². The Morgan fingerprint density at radius 2 is 1.76 bits per heavy atom. The zero-order valence-electron chi connectivity index (χ0n) is 13.4. The van der Waals surface area contributed by atoms with Crippen molar-refractivity contribution >= 4 is 12.0 Å². The van der Waals surface area contributed by atoms with Crippen molar-refractivity contribution in [2.45, 2.75) is 71.3 Å². The van der Waals surface area contributed by atoms with E-state index in [-0.39, 0.29) is 6.03 Å². The summed E-state index contributed by atoms with van der Waals surface area (Å²) in [5, 5.41) is 14.5. The van der Waals surface area contributed by atoms with Crippen LogP contribution in [-0.2, 0) is 4.79 Å². The van der Waals surface area contributed by atoms with Crippen LogP contribution >= 0.6 is 0 Å². The maximum Gasteiger partial charge on any atom is 0.326 e. The van der Waals surface area contributed by atoms with Crippen LogP contribution in [0.1, 0.15) is 65.2 Å². The molecule has 5 nitrogen and oxygen atoms in total. The highest BCUT2D eigenvalue weighted by atomic mass is 16.4. The van der Waals surface area contributed by atoms with Crippen LogP contribution in [-0.4, -0.2) is 29.7 Å². The highest BCUT2D eigenvalue weighted by Gasteiger charge is 2.22. The second-order valence-electron chi connectivity index (χ2n) is 6.18. The fourth-order valence-electron chi connectivity index (χ4n) is 2.96. The molecule has 1 saturated carbocycles. The predicted octanol–water partition coefficient (Wildman–Crippen LogP) is 3.15. The summed E-state index contributed by atoms with van der Waals surface area (Å²) in [6, 6.07) is -1.13. The molecule has 0 radical (unpaired) electrons. The first kappa shape index (κ1) is 17.8. The van der Waals surface area contributed by atoms with Crippen LogP contribution in [0.2, 0.25) is 0 Å². The summed E-state index contributed by atoms with van der Waals surface area (Å²) in [7, 11) is 0. The van der Waals surface area contributed by atoms with E-state index in [2.05, 4.69) is 17.6 Å². The van der Waals surface area contributed by atoms with Gasteiger partial charge in [0.2, 0.25) is 0 Å². The quantitative estimate of drug-likeness (QED) is 0.644. The van der Waals surface area contributed by atoms with Crippen molar-refractivity contribution in [2.24, 2.45) is 11.8 Å². The molecular weight excluding hydrogens is 268 g/mol. The van der Waals surface area contributed by atoms with E-state index in [1.165, 1.54) is 19.3 Å². The lowest BCUT2D eigenvalue weighted by molar-refractivity contribution is -0.139. The van der Waals surface area contributed by atoms with Crippen LogP contribution in [0, 0.1) is 11.8 Å². The first-order valence-corrected chi connectivity index (χ1v) is 8.33. The van der Waals surface area contributed by atoms with Gasteiger partial charge in [-0.25, -0.2) is 9.59 Å². The number of carboxylic acids is 1. The predicted molar refractivity (Wildman–Crippen MR) is 83.2 cm³/mol. The largest absolute Gasteiger partial charge is 0.480 e. The fourth-order valence-corrected chi connectivity index (χ4v) is 2.96. The molecule has 1 rings (SSSR count). The van der Waals surface area contributed by atoms with E-state index in [0.29, 0.717) is 18.9 Å². The molecule has 0 unspecified atom stereocenters. The highest BCUT2D eigenvalue weighted by molar-refractivity contribution is 5.82. The number of hydrogen-bond acceptors (Lipinski definition) is 2. The first-order valence-electron chi connectivity index (χ1n) is 8.33. The highest BCUT2D eigenvalue weighted by Crippen LogP contribution is 2.29. The van der Waals surface area contributed by atoms with Crippen LogP contribution in [0.25, 0.3) is 0 Å². The first-order chi connectivity index (χ1) is 10.1. The lowest BCUT2D eigenvalue weighted by atomic mass is 9.81. The molecule has 1 aliphatic carbocycles. The maximum atomic E-state index is 11.8. The van der Waals surface area contributed by atoms with Crippen molar-refractivity contribution in [3.8, 4) is 0 Å². The van der Waals surface area contributed by atoms with Gasteiger partial charge in [0.1, 0.15) is 6.04 Å². The Kier molecular flexibility index (Phi) is 8.16. The molecule has 1 aliphatic rings. The molecule has 0 aromatic carbocycles. The van der Waals surface area contributed by atoms with E-state index >= 15 is 0 Å². The number of carbonyl (C=O) groups excluding carboxylic acids is 1. The Morgan fingerprint density at radius 1 is 1.14 bits per heavy atom. The zero-order valence-corrected chi connectivity index (χ0v) is 13.4. The van der Waals surface area contributed by atoms with E-state index in [1.54, 1.807) is 0 Å². The zero-order chi connectivity index (χ0) is 15.7. The summed E-state index contributed by atoms with van der Waals surface area (Å²) in [5.74, 6) is 0.431. The molecule has 1 fully saturated rings. The van der Waals surface area contributed by atoms with Gasteiger partial charge in [0.05, 0.1) is 0 Å². The van der Waals surface area contributed by atoms with Gasteiger partial charge in [0.15, 0.2) is 0 Å². The smallest absolute Gasteiger partial charge is 0.326 e. The van der Waals surface area contributed by atoms with E-state index in [9.17, 15) is 9.59 Å². The third-order valence-electron chi connectivity index (χ3n) is 4.54. The number of hydrogen-bond donors (Lipinski definition) is 3. The summed E-state index contributed by atoms with van der Waals surface area (Å²) in [6.07, 6.45) is 8.29. The average molecular weight is 298 g/mol. The van der Waals surface area contributed by atoms with Crippen molar-refractivity contribution in [1.82, 2.24) is 10.6 Å². The third kappa shape index (κ3) is 6.82. The fraction of sp³-hybridized carbons (Fsp3) is 0.875. The molecule has 21 heavy (non-hydrogen) atoms. The van der Waals surface area contributed by atoms with Gasteiger partial charge in [-0.15, -0.1) is 0 Å². The summed E-state index contributed by atoms with van der Waals surface area (Å²) < 4.78 is 0. The second-order valence-corrected chi connectivity index (χ2v) is 6.18. The molecule has 0 aromatic heterocycles. The van der Waals surface area contributed by atoms with Crippen LogP contribution < -0.4 is 10.6 Å². The molecule has 0 heterocycles. The molecule has 0 aliphatic heterocycles. The second kappa shape index (κ2) is 9.64. The van der Waals surface area contributed by atoms with Crippen LogP contribution in [0.15, 0.2) is 0 Å². The van der Waals surface area contributed by atoms with Gasteiger partial charge in [0, 0.05) is 6.54 Å². The standard InChI is InChI=1S/C16H30N2O3/c1-3-5-6-14(15(19)20)18-16(21)17-11-13-9-7-12(4-2)8-10-13/h12-14H,3-11H2,1-2H3,(H,19,20)(H2,17,18,21)/t12?,13?,14-/m0/s1. The Labute approximate surface area is 127 Å². The third-order valence-corrected chi connectivity index (χ3v) is 4.54. The summed E-state index contributed by atoms with van der Waals surface area (Å²) in [4.78, 5) is 22.9. The van der Waals surface area contributed by atoms with Crippen molar-refractivity contribution in [2.75, 3.05) is 6.54 Å². The van der Waals surface area contributed by atoms with Crippen LogP contribution in [0.4, 0.5) is 4.79 Å². The Balaban J connectivity index is 2.25. The molecule has 122 valence electrons. The van der Waals surface area contributed by atoms with Gasteiger partial charge in [-0.2, -0.15) is 0 Å². The number of urea groups is 1. The molecule has 2 amide bonds. The molecule has 0 aromatic rings. The van der Waals surface area contributed by atoms with E-state index < -0.39 is 12.0 Å². The van der Waals surface area contributed by atoms with Crippen molar-refractivity contribution in [3.05, 3.63) is 0 Å². The minimum Gasteiger partial charge on any atom is -0.480 e. The monoisotopic (exact) mass is 298 g/mol. The lowest BCUT2D eigenvalue weighted by Crippen LogP contribution is -2.47. The van der Waals surface area contributed by atoms with Gasteiger partial charge in [0.25, 0.3) is 0 Å². The average Bonchev–Trinajstić information content (AvgIpc) is 2.49. The van der Waals surface area contributed by atoms with Crippen molar-refractivity contribution in [3.63, 3.8) is 0 Å². The number of unbranched alkanes of at least 4 members (excludes halogenated alkanes) is 1. The SMILES string of the molecule is CCCC[C@H](NC(=O)NCC1CCC(CC)CC1)C(=O)O. The van der Waals surface area contributed by atoms with E-state index in [4.69, 9.17) is 5.11 Å². The molecule has 0 saturated heterocycles. The molecule has 3 N–H and O–H groups in total.